The maximum absolute atomic E-state index is 12.7. The van der Waals surface area contributed by atoms with Crippen LogP contribution in [0.2, 0.25) is 0 Å². The van der Waals surface area contributed by atoms with Crippen LogP contribution in [0.25, 0.3) is 0 Å². The highest BCUT2D eigenvalue weighted by Crippen LogP contribution is 2.24. The van der Waals surface area contributed by atoms with Crippen LogP contribution in [0.4, 0.5) is 17.6 Å². The largest absolute Gasteiger partial charge is 0.394 e. The van der Waals surface area contributed by atoms with E-state index in [4.69, 9.17) is 19.7 Å². The molecule has 27 heavy (non-hydrogen) atoms. The zero-order valence-electron chi connectivity index (χ0n) is 14.1. The van der Waals surface area contributed by atoms with Gasteiger partial charge in [-0.1, -0.05) is 6.07 Å². The molecule has 9 heteroatoms. The van der Waals surface area contributed by atoms with Crippen LogP contribution < -0.4 is 0 Å². The zero-order chi connectivity index (χ0) is 20.2. The highest BCUT2D eigenvalue weighted by Gasteiger charge is 2.19. The summed E-state index contributed by atoms with van der Waals surface area (Å²) >= 11 is 0. The van der Waals surface area contributed by atoms with Crippen molar-refractivity contribution in [2.45, 2.75) is 6.29 Å². The molecule has 0 bridgehead atoms. The number of hydrogen-bond donors (Lipinski definition) is 2. The quantitative estimate of drug-likeness (QED) is 0.623. The van der Waals surface area contributed by atoms with Crippen molar-refractivity contribution in [1.82, 2.24) is 0 Å². The maximum Gasteiger partial charge on any atom is 0.184 e. The molecule has 1 saturated heterocycles. The van der Waals surface area contributed by atoms with Crippen molar-refractivity contribution >= 4 is 6.29 Å². The molecule has 2 N–H and O–H groups in total. The molecule has 0 aliphatic carbocycles. The lowest BCUT2D eigenvalue weighted by atomic mass is 10.2. The van der Waals surface area contributed by atoms with Gasteiger partial charge in [-0.25, -0.2) is 17.6 Å². The van der Waals surface area contributed by atoms with Gasteiger partial charge in [-0.2, -0.15) is 0 Å². The van der Waals surface area contributed by atoms with Crippen molar-refractivity contribution < 1.29 is 42.0 Å². The van der Waals surface area contributed by atoms with E-state index in [1.54, 1.807) is 0 Å². The smallest absolute Gasteiger partial charge is 0.184 e. The van der Waals surface area contributed by atoms with Gasteiger partial charge >= 0.3 is 0 Å². The number of rotatable bonds is 3. The van der Waals surface area contributed by atoms with Crippen LogP contribution in [0.3, 0.4) is 0 Å². The predicted octanol–water partition coefficient (Wildman–Crippen LogP) is 2.76. The molecule has 0 radical (unpaired) electrons. The third kappa shape index (κ3) is 7.83. The molecule has 1 fully saturated rings. The van der Waals surface area contributed by atoms with Crippen molar-refractivity contribution in [3.63, 3.8) is 0 Å². The van der Waals surface area contributed by atoms with E-state index in [1.807, 2.05) is 0 Å². The summed E-state index contributed by atoms with van der Waals surface area (Å²) in [5.41, 5.74) is 0.648. The average Bonchev–Trinajstić information content (AvgIpc) is 3.22. The van der Waals surface area contributed by atoms with Gasteiger partial charge in [0, 0.05) is 11.1 Å². The summed E-state index contributed by atoms with van der Waals surface area (Å²) in [5.74, 6) is -3.67. The molecule has 0 saturated carbocycles. The number of halogens is 4. The number of aliphatic hydroxyl groups is 2. The molecule has 0 aromatic heterocycles. The number of carbonyl (C=O) groups excluding carboxylic acids is 1. The Morgan fingerprint density at radius 3 is 1.81 bits per heavy atom. The number of benzene rings is 2. The molecule has 0 amide bonds. The fraction of sp³-hybridized carbons (Fsp3) is 0.278. The topological polar surface area (TPSA) is 76.0 Å². The molecule has 2 aromatic carbocycles. The van der Waals surface area contributed by atoms with Crippen LogP contribution >= 0.6 is 0 Å². The molecule has 148 valence electrons. The zero-order valence-corrected chi connectivity index (χ0v) is 14.1. The molecular formula is C18H18F4O5. The van der Waals surface area contributed by atoms with E-state index in [1.165, 1.54) is 12.1 Å². The molecule has 5 nitrogen and oxygen atoms in total. The fourth-order valence-corrected chi connectivity index (χ4v) is 1.80. The van der Waals surface area contributed by atoms with Gasteiger partial charge in [-0.05, 0) is 30.3 Å². The summed E-state index contributed by atoms with van der Waals surface area (Å²) in [6.07, 6.45) is -0.0854. The first kappa shape index (κ1) is 22.7. The van der Waals surface area contributed by atoms with Crippen molar-refractivity contribution in [3.05, 3.63) is 70.8 Å². The summed E-state index contributed by atoms with van der Waals surface area (Å²) in [7, 11) is 0. The molecule has 1 aliphatic heterocycles. The lowest BCUT2D eigenvalue weighted by Gasteiger charge is -2.08. The fourth-order valence-electron chi connectivity index (χ4n) is 1.80. The summed E-state index contributed by atoms with van der Waals surface area (Å²) in [6, 6.07) is 6.59. The minimum atomic E-state index is -0.996. The Labute approximate surface area is 152 Å². The minimum absolute atomic E-state index is 0.125. The number of hydrogen-bond acceptors (Lipinski definition) is 5. The van der Waals surface area contributed by atoms with Gasteiger partial charge in [0.25, 0.3) is 0 Å². The molecule has 3 rings (SSSR count). The van der Waals surface area contributed by atoms with Gasteiger partial charge in [-0.3, -0.25) is 4.79 Å². The number of aliphatic hydroxyl groups excluding tert-OH is 2. The lowest BCUT2D eigenvalue weighted by Crippen LogP contribution is -1.99. The van der Waals surface area contributed by atoms with E-state index < -0.39 is 29.6 Å². The van der Waals surface area contributed by atoms with E-state index in [0.717, 1.165) is 24.3 Å². The van der Waals surface area contributed by atoms with Crippen LogP contribution in [-0.2, 0) is 9.47 Å². The van der Waals surface area contributed by atoms with E-state index in [-0.39, 0.29) is 18.8 Å². The Morgan fingerprint density at radius 2 is 1.37 bits per heavy atom. The van der Waals surface area contributed by atoms with Gasteiger partial charge < -0.3 is 19.7 Å². The first-order valence-electron chi connectivity index (χ1n) is 7.73. The first-order valence-corrected chi connectivity index (χ1v) is 7.73. The summed E-state index contributed by atoms with van der Waals surface area (Å²) in [4.78, 5) is 9.98. The Balaban J connectivity index is 0.000000232. The van der Waals surface area contributed by atoms with E-state index in [2.05, 4.69) is 0 Å². The molecule has 1 heterocycles. The average molecular weight is 390 g/mol. The number of ether oxygens (including phenoxy) is 2. The SMILES string of the molecule is Fc1ccc(C2OCCO2)cc1F.O=Cc1ccc(F)c(F)c1.OCCO. The Morgan fingerprint density at radius 1 is 0.852 bits per heavy atom. The van der Waals surface area contributed by atoms with Crippen LogP contribution in [0.15, 0.2) is 36.4 Å². The molecule has 0 spiro atoms. The summed E-state index contributed by atoms with van der Waals surface area (Å²) < 4.78 is 59.9. The van der Waals surface area contributed by atoms with Gasteiger partial charge in [0.2, 0.25) is 0 Å². The van der Waals surface area contributed by atoms with Gasteiger partial charge in [0.15, 0.2) is 29.6 Å². The number of carbonyl (C=O) groups is 1. The van der Waals surface area contributed by atoms with E-state index >= 15 is 0 Å². The Hall–Kier alpha value is -2.33. The van der Waals surface area contributed by atoms with E-state index in [9.17, 15) is 22.4 Å². The second-order valence-corrected chi connectivity index (χ2v) is 4.99. The van der Waals surface area contributed by atoms with Crippen molar-refractivity contribution in [2.24, 2.45) is 0 Å². The maximum atomic E-state index is 12.7. The number of aldehydes is 1. The van der Waals surface area contributed by atoms with Gasteiger partial charge in [0.05, 0.1) is 26.4 Å². The standard InChI is InChI=1S/C9H8F2O2.C7H4F2O.C2H6O2/c10-7-2-1-6(5-8(7)11)9-12-3-4-13-9;8-6-2-1-5(4-10)3-7(6)9;3-1-2-4/h1-2,5,9H,3-4H2;1-4H;3-4H,1-2H2. The Bertz CT molecular complexity index is 719. The van der Waals surface area contributed by atoms with Crippen LogP contribution in [-0.4, -0.2) is 42.9 Å². The summed E-state index contributed by atoms with van der Waals surface area (Å²) in [6.45, 7) is 0.729. The predicted molar refractivity (Wildman–Crippen MR) is 86.9 cm³/mol. The van der Waals surface area contributed by atoms with E-state index in [0.29, 0.717) is 25.1 Å². The molecule has 1 aliphatic rings. The monoisotopic (exact) mass is 390 g/mol. The van der Waals surface area contributed by atoms with Crippen LogP contribution in [0.5, 0.6) is 0 Å². The van der Waals surface area contributed by atoms with Crippen molar-refractivity contribution in [3.8, 4) is 0 Å². The molecular weight excluding hydrogens is 372 g/mol. The second-order valence-electron chi connectivity index (χ2n) is 4.99. The molecule has 0 atom stereocenters. The second kappa shape index (κ2) is 12.1. The lowest BCUT2D eigenvalue weighted by molar-refractivity contribution is -0.0443. The van der Waals surface area contributed by atoms with Crippen LogP contribution in [0, 0.1) is 23.3 Å². The van der Waals surface area contributed by atoms with Crippen molar-refractivity contribution in [2.75, 3.05) is 26.4 Å². The molecule has 0 unspecified atom stereocenters. The third-order valence-electron chi connectivity index (χ3n) is 3.02. The van der Waals surface area contributed by atoms with Crippen molar-refractivity contribution in [1.29, 1.82) is 0 Å². The highest BCUT2D eigenvalue weighted by molar-refractivity contribution is 5.74. The van der Waals surface area contributed by atoms with Crippen LogP contribution in [0.1, 0.15) is 22.2 Å². The van der Waals surface area contributed by atoms with Gasteiger partial charge in [0.1, 0.15) is 6.29 Å². The third-order valence-corrected chi connectivity index (χ3v) is 3.02. The highest BCUT2D eigenvalue weighted by atomic mass is 19.2. The first-order chi connectivity index (χ1) is 12.9. The molecule has 2 aromatic rings. The normalized spacial score (nSPS) is 13.3. The minimum Gasteiger partial charge on any atom is -0.394 e. The van der Waals surface area contributed by atoms with Gasteiger partial charge in [-0.15, -0.1) is 0 Å². The Kier molecular flexibility index (Phi) is 10.2. The summed E-state index contributed by atoms with van der Waals surface area (Å²) in [5, 5.41) is 15.2.